The Kier molecular flexibility index (Phi) is 4.40. The Labute approximate surface area is 80.5 Å². The molecule has 0 rings (SSSR count). The van der Waals surface area contributed by atoms with Gasteiger partial charge in [0.25, 0.3) is 0 Å². The lowest BCUT2D eigenvalue weighted by atomic mass is 9.95. The quantitative estimate of drug-likeness (QED) is 0.704. The van der Waals surface area contributed by atoms with E-state index < -0.39 is 5.97 Å². The van der Waals surface area contributed by atoms with Gasteiger partial charge in [-0.15, -0.1) is 0 Å². The van der Waals surface area contributed by atoms with Crippen LogP contribution in [0.3, 0.4) is 0 Å². The number of aliphatic carboxylic acids is 1. The lowest BCUT2D eigenvalue weighted by Gasteiger charge is -2.25. The number of hydrogen-bond acceptors (Lipinski definition) is 2. The summed E-state index contributed by atoms with van der Waals surface area (Å²) in [6.45, 7) is 10.5. The molecule has 1 atom stereocenters. The fourth-order valence-corrected chi connectivity index (χ4v) is 1.02. The lowest BCUT2D eigenvalue weighted by Crippen LogP contribution is -2.42. The number of carboxylic acid groups (broad SMARTS) is 1. The summed E-state index contributed by atoms with van der Waals surface area (Å²) >= 11 is 0. The molecular formula is C10H21NO2. The molecule has 0 bridgehead atoms. The monoisotopic (exact) mass is 187 g/mol. The molecule has 0 aromatic carbocycles. The highest BCUT2D eigenvalue weighted by molar-refractivity contribution is 5.70. The van der Waals surface area contributed by atoms with E-state index in [4.69, 9.17) is 5.11 Å². The summed E-state index contributed by atoms with van der Waals surface area (Å²) in [4.78, 5) is 10.8. The first kappa shape index (κ1) is 12.4. The molecule has 1 unspecified atom stereocenters. The molecule has 0 aliphatic heterocycles. The van der Waals surface area contributed by atoms with Gasteiger partial charge >= 0.3 is 5.97 Å². The molecule has 0 aliphatic rings. The van der Waals surface area contributed by atoms with E-state index in [0.717, 1.165) is 0 Å². The standard InChI is InChI=1S/C10H21NO2/c1-7(2)8(9(12)13)6-11-10(3,4)5/h7-8,11H,6H2,1-5H3,(H,12,13). The normalized spacial score (nSPS) is 14.6. The second-order valence-corrected chi connectivity index (χ2v) is 4.82. The summed E-state index contributed by atoms with van der Waals surface area (Å²) in [6.07, 6.45) is 0. The van der Waals surface area contributed by atoms with E-state index >= 15 is 0 Å². The molecule has 3 heteroatoms. The molecule has 0 heterocycles. The molecule has 78 valence electrons. The van der Waals surface area contributed by atoms with E-state index in [9.17, 15) is 4.79 Å². The maximum Gasteiger partial charge on any atom is 0.308 e. The van der Waals surface area contributed by atoms with Crippen molar-refractivity contribution in [3.05, 3.63) is 0 Å². The van der Waals surface area contributed by atoms with Crippen LogP contribution in [0.2, 0.25) is 0 Å². The Hall–Kier alpha value is -0.570. The third-order valence-corrected chi connectivity index (χ3v) is 1.97. The molecule has 13 heavy (non-hydrogen) atoms. The molecule has 0 aromatic rings. The van der Waals surface area contributed by atoms with Crippen LogP contribution in [0.5, 0.6) is 0 Å². The van der Waals surface area contributed by atoms with E-state index in [2.05, 4.69) is 5.32 Å². The minimum atomic E-state index is -0.716. The van der Waals surface area contributed by atoms with Crippen LogP contribution in [0.1, 0.15) is 34.6 Å². The molecule has 2 N–H and O–H groups in total. The highest BCUT2D eigenvalue weighted by Crippen LogP contribution is 2.11. The molecule has 0 saturated carbocycles. The van der Waals surface area contributed by atoms with Gasteiger partial charge < -0.3 is 10.4 Å². The Bertz CT molecular complexity index is 170. The summed E-state index contributed by atoms with van der Waals surface area (Å²) in [6, 6.07) is 0. The Morgan fingerprint density at radius 2 is 1.85 bits per heavy atom. The van der Waals surface area contributed by atoms with Crippen molar-refractivity contribution >= 4 is 5.97 Å². The molecule has 0 radical (unpaired) electrons. The van der Waals surface area contributed by atoms with Gasteiger partial charge in [0.15, 0.2) is 0 Å². The fourth-order valence-electron chi connectivity index (χ4n) is 1.02. The molecule has 0 saturated heterocycles. The zero-order chi connectivity index (χ0) is 10.6. The Morgan fingerprint density at radius 1 is 1.38 bits per heavy atom. The van der Waals surface area contributed by atoms with Gasteiger partial charge in [-0.1, -0.05) is 13.8 Å². The van der Waals surface area contributed by atoms with Crippen LogP contribution >= 0.6 is 0 Å². The van der Waals surface area contributed by atoms with Crippen molar-refractivity contribution in [2.75, 3.05) is 6.54 Å². The largest absolute Gasteiger partial charge is 0.481 e. The summed E-state index contributed by atoms with van der Waals surface area (Å²) in [5, 5.41) is 12.1. The molecule has 3 nitrogen and oxygen atoms in total. The summed E-state index contributed by atoms with van der Waals surface area (Å²) in [5.41, 5.74) is -0.0113. The van der Waals surface area contributed by atoms with Gasteiger partial charge in [0.2, 0.25) is 0 Å². The van der Waals surface area contributed by atoms with Crippen molar-refractivity contribution in [1.29, 1.82) is 0 Å². The maximum atomic E-state index is 10.8. The van der Waals surface area contributed by atoms with Crippen LogP contribution in [0, 0.1) is 11.8 Å². The Balaban J connectivity index is 4.06. The second-order valence-electron chi connectivity index (χ2n) is 4.82. The van der Waals surface area contributed by atoms with Gasteiger partial charge in [0, 0.05) is 12.1 Å². The van der Waals surface area contributed by atoms with E-state index in [1.165, 1.54) is 0 Å². The topological polar surface area (TPSA) is 49.3 Å². The van der Waals surface area contributed by atoms with Crippen LogP contribution in [0.15, 0.2) is 0 Å². The minimum Gasteiger partial charge on any atom is -0.481 e. The van der Waals surface area contributed by atoms with E-state index in [1.807, 2.05) is 34.6 Å². The predicted octanol–water partition coefficient (Wildman–Crippen LogP) is 1.73. The molecule has 0 fully saturated rings. The smallest absolute Gasteiger partial charge is 0.308 e. The summed E-state index contributed by atoms with van der Waals surface area (Å²) in [5.74, 6) is -0.835. The average molecular weight is 187 g/mol. The molecule has 0 amide bonds. The van der Waals surface area contributed by atoms with Crippen LogP contribution in [0.25, 0.3) is 0 Å². The molecule has 0 spiro atoms. The van der Waals surface area contributed by atoms with Crippen molar-refractivity contribution in [3.63, 3.8) is 0 Å². The SMILES string of the molecule is CC(C)C(CNC(C)(C)C)C(=O)O. The fraction of sp³-hybridized carbons (Fsp3) is 0.900. The first-order chi connectivity index (χ1) is 5.74. The van der Waals surface area contributed by atoms with Crippen molar-refractivity contribution in [3.8, 4) is 0 Å². The second kappa shape index (κ2) is 4.61. The highest BCUT2D eigenvalue weighted by atomic mass is 16.4. The number of carbonyl (C=O) groups is 1. The van der Waals surface area contributed by atoms with E-state index in [-0.39, 0.29) is 17.4 Å². The zero-order valence-electron chi connectivity index (χ0n) is 9.22. The van der Waals surface area contributed by atoms with Crippen molar-refractivity contribution in [1.82, 2.24) is 5.32 Å². The molecular weight excluding hydrogens is 166 g/mol. The summed E-state index contributed by atoms with van der Waals surface area (Å²) in [7, 11) is 0. The van der Waals surface area contributed by atoms with E-state index in [1.54, 1.807) is 0 Å². The van der Waals surface area contributed by atoms with Gasteiger partial charge in [-0.25, -0.2) is 0 Å². The zero-order valence-corrected chi connectivity index (χ0v) is 9.22. The first-order valence-electron chi connectivity index (χ1n) is 4.72. The van der Waals surface area contributed by atoms with Crippen molar-refractivity contribution < 1.29 is 9.90 Å². The third-order valence-electron chi connectivity index (χ3n) is 1.97. The van der Waals surface area contributed by atoms with Crippen molar-refractivity contribution in [2.24, 2.45) is 11.8 Å². The number of hydrogen-bond donors (Lipinski definition) is 2. The molecule has 0 aromatic heterocycles. The van der Waals surface area contributed by atoms with Crippen LogP contribution in [-0.2, 0) is 4.79 Å². The Morgan fingerprint density at radius 3 is 2.08 bits per heavy atom. The van der Waals surface area contributed by atoms with Crippen molar-refractivity contribution in [2.45, 2.75) is 40.2 Å². The highest BCUT2D eigenvalue weighted by Gasteiger charge is 2.22. The van der Waals surface area contributed by atoms with Gasteiger partial charge in [-0.05, 0) is 26.7 Å². The predicted molar refractivity (Wildman–Crippen MR) is 53.7 cm³/mol. The number of carboxylic acids is 1. The molecule has 0 aliphatic carbocycles. The average Bonchev–Trinajstić information content (AvgIpc) is 1.82. The number of rotatable bonds is 4. The van der Waals surface area contributed by atoms with Gasteiger partial charge in [-0.3, -0.25) is 4.79 Å². The van der Waals surface area contributed by atoms with Crippen LogP contribution in [-0.4, -0.2) is 23.2 Å². The van der Waals surface area contributed by atoms with Crippen LogP contribution in [0.4, 0.5) is 0 Å². The van der Waals surface area contributed by atoms with Crippen LogP contribution < -0.4 is 5.32 Å². The third kappa shape index (κ3) is 5.64. The van der Waals surface area contributed by atoms with Gasteiger partial charge in [0.05, 0.1) is 5.92 Å². The first-order valence-corrected chi connectivity index (χ1v) is 4.72. The van der Waals surface area contributed by atoms with Gasteiger partial charge in [0.1, 0.15) is 0 Å². The minimum absolute atomic E-state index is 0.0113. The number of nitrogens with one attached hydrogen (secondary N) is 1. The maximum absolute atomic E-state index is 10.8. The lowest BCUT2D eigenvalue weighted by molar-refractivity contribution is -0.143. The van der Waals surface area contributed by atoms with Gasteiger partial charge in [-0.2, -0.15) is 0 Å². The van der Waals surface area contributed by atoms with E-state index in [0.29, 0.717) is 6.54 Å². The summed E-state index contributed by atoms with van der Waals surface area (Å²) < 4.78 is 0.